The van der Waals surface area contributed by atoms with Crippen LogP contribution in [-0.2, 0) is 17.8 Å². The second kappa shape index (κ2) is 10.2. The Hall–Kier alpha value is -3.19. The predicted octanol–water partition coefficient (Wildman–Crippen LogP) is 0.0375. The molecular formula is C30H41BN4O7. The van der Waals surface area contributed by atoms with Gasteiger partial charge in [-0.1, -0.05) is 0 Å². The molecule has 0 spiro atoms. The number of likely N-dealkylation sites (N-methyl/N-ethyl adjacent to an activating group) is 1. The molecule has 1 amide bonds. The fraction of sp³-hybridized carbons (Fsp3) is 0.567. The maximum atomic E-state index is 14.1. The maximum absolute atomic E-state index is 14.1. The van der Waals surface area contributed by atoms with Gasteiger partial charge >= 0.3 is 216 Å². The zero-order valence-electron chi connectivity index (χ0n) is 24.9. The van der Waals surface area contributed by atoms with E-state index in [4.69, 9.17) is 5.73 Å². The number of rotatable bonds is 5. The number of carbonyl (C=O) groups is 2. The van der Waals surface area contributed by atoms with Crippen LogP contribution in [0.2, 0.25) is 0 Å². The number of nitrogens with zero attached hydrogens (tertiary/aromatic N) is 3. The summed E-state index contributed by atoms with van der Waals surface area (Å²) in [6.45, 7) is 3.75. The number of ketones is 1. The summed E-state index contributed by atoms with van der Waals surface area (Å²) in [5.41, 5.74) is 4.35. The Balaban J connectivity index is 1.63. The van der Waals surface area contributed by atoms with Gasteiger partial charge in [0.1, 0.15) is 0 Å². The fourth-order valence-electron chi connectivity index (χ4n) is 7.65. The van der Waals surface area contributed by atoms with Gasteiger partial charge in [0, 0.05) is 0 Å². The van der Waals surface area contributed by atoms with Crippen molar-refractivity contribution in [2.75, 3.05) is 46.2 Å². The molecule has 0 unspecified atom stereocenters. The summed E-state index contributed by atoms with van der Waals surface area (Å²) < 4.78 is 0. The van der Waals surface area contributed by atoms with Gasteiger partial charge in [0.2, 0.25) is 0 Å². The Kier molecular flexibility index (Phi) is 7.37. The molecule has 11 nitrogen and oxygen atoms in total. The molecule has 4 atom stereocenters. The monoisotopic (exact) mass is 580 g/mol. The number of aliphatic hydroxyl groups excluding tert-OH is 2. The number of hydrogen-bond acceptors (Lipinski definition) is 10. The number of amides is 1. The number of nitrogens with two attached hydrogens (primary N) is 1. The summed E-state index contributed by atoms with van der Waals surface area (Å²) in [5.74, 6) is -4.15. The average Bonchev–Trinajstić information content (AvgIpc) is 2.86. The number of aromatic hydroxyl groups is 1. The van der Waals surface area contributed by atoms with Crippen molar-refractivity contribution in [1.29, 1.82) is 0 Å². The van der Waals surface area contributed by atoms with Gasteiger partial charge in [-0.25, -0.2) is 0 Å². The Labute approximate surface area is 246 Å². The van der Waals surface area contributed by atoms with Crippen molar-refractivity contribution in [3.05, 3.63) is 45.4 Å². The standard InChI is InChI=1S/C30H41BN4O7/c1-29(41)6-8-35(9-7-29)13-15-12-18(36)20-16(22(15)33(2)3)10-14-11-17-23(34(4)5)25(38)21(28(32)40)26(31)30(17,42)27(39)19(14)24(20)37/h12,14,17,23,31,36,38-39,41-42H,6-11,13H2,1-5H3,(H2,32,40)/t14-,17-,23-,30+/m0/s1. The number of anilines is 1. The van der Waals surface area contributed by atoms with Crippen molar-refractivity contribution in [2.45, 2.75) is 56.4 Å². The molecule has 0 aromatic heterocycles. The SMILES string of the molecule is B=C1C(C(N)=O)=C(O)[C@@H](N(C)C)[C@@H]2C[C@@H]3Cc4c(c(O)cc(CN5CCC(C)(O)CC5)c4N(C)C)C(=O)C3=C(O)[C@]12O. The molecule has 1 fully saturated rings. The molecule has 1 aliphatic heterocycles. The average molecular weight is 580 g/mol. The third kappa shape index (κ3) is 4.47. The molecular weight excluding hydrogens is 539 g/mol. The number of primary amides is 1. The number of benzene rings is 1. The first-order valence-electron chi connectivity index (χ1n) is 14.3. The van der Waals surface area contributed by atoms with Crippen LogP contribution < -0.4 is 10.6 Å². The molecule has 0 saturated carbocycles. The first-order valence-corrected chi connectivity index (χ1v) is 14.3. The van der Waals surface area contributed by atoms with E-state index in [0.717, 1.165) is 11.3 Å². The molecule has 0 radical (unpaired) electrons. The molecule has 1 heterocycles. The quantitative estimate of drug-likeness (QED) is 0.261. The van der Waals surface area contributed by atoms with Crippen molar-refractivity contribution in [3.8, 4) is 5.75 Å². The fourth-order valence-corrected chi connectivity index (χ4v) is 7.65. The minimum atomic E-state index is -2.22. The summed E-state index contributed by atoms with van der Waals surface area (Å²) in [6, 6.07) is 0.706. The first kappa shape index (κ1) is 30.3. The van der Waals surface area contributed by atoms with E-state index in [1.807, 2.05) is 25.9 Å². The number of hydrogen-bond donors (Lipinski definition) is 6. The van der Waals surface area contributed by atoms with Gasteiger partial charge in [-0.15, -0.1) is 0 Å². The Bertz CT molecular complexity index is 1440. The van der Waals surface area contributed by atoms with Crippen LogP contribution in [0.1, 0.15) is 47.7 Å². The van der Waals surface area contributed by atoms with Crippen LogP contribution in [0.5, 0.6) is 5.75 Å². The number of carbonyl (C=O) groups excluding carboxylic acids is 2. The van der Waals surface area contributed by atoms with Crippen LogP contribution in [0.25, 0.3) is 0 Å². The Morgan fingerprint density at radius 1 is 1.14 bits per heavy atom. The number of allylic oxidation sites excluding steroid dienone is 1. The Morgan fingerprint density at radius 3 is 2.31 bits per heavy atom. The van der Waals surface area contributed by atoms with Gasteiger partial charge < -0.3 is 5.11 Å². The van der Waals surface area contributed by atoms with E-state index < -0.39 is 46.5 Å². The zero-order chi connectivity index (χ0) is 31.0. The van der Waals surface area contributed by atoms with Crippen LogP contribution in [0, 0.1) is 11.8 Å². The second-order valence-corrected chi connectivity index (χ2v) is 13.0. The summed E-state index contributed by atoms with van der Waals surface area (Å²) in [5, 5.41) is 56.4. The number of piperidine rings is 1. The molecule has 5 rings (SSSR count). The number of phenols is 1. The van der Waals surface area contributed by atoms with Crippen molar-refractivity contribution in [2.24, 2.45) is 17.6 Å². The number of phenolic OH excluding ortho intramolecular Hbond substituents is 1. The molecule has 0 bridgehead atoms. The normalized spacial score (nSPS) is 29.4. The predicted molar refractivity (Wildman–Crippen MR) is 160 cm³/mol. The van der Waals surface area contributed by atoms with E-state index in [-0.39, 0.29) is 40.1 Å². The van der Waals surface area contributed by atoms with Gasteiger partial charge in [-0.2, -0.15) is 0 Å². The van der Waals surface area contributed by atoms with Gasteiger partial charge in [0.05, 0.1) is 5.60 Å². The van der Waals surface area contributed by atoms with E-state index in [1.54, 1.807) is 25.1 Å². The van der Waals surface area contributed by atoms with Crippen LogP contribution in [0.4, 0.5) is 5.69 Å². The molecule has 12 heteroatoms. The molecule has 1 saturated heterocycles. The molecule has 7 N–H and O–H groups in total. The number of Topliss-reactive ketones (excluding diaryl/α,β-unsaturated/α-hetero) is 1. The van der Waals surface area contributed by atoms with E-state index in [1.165, 1.54) is 0 Å². The van der Waals surface area contributed by atoms with E-state index in [0.29, 0.717) is 44.5 Å². The van der Waals surface area contributed by atoms with Crippen molar-refractivity contribution in [3.63, 3.8) is 0 Å². The molecule has 3 aliphatic carbocycles. The van der Waals surface area contributed by atoms with Crippen LogP contribution >= 0.6 is 0 Å². The molecule has 4 aliphatic rings. The minimum absolute atomic E-state index is 0.0314. The summed E-state index contributed by atoms with van der Waals surface area (Å²) in [4.78, 5) is 32.2. The number of likely N-dealkylation sites (tertiary alicyclic amines) is 1. The zero-order valence-corrected chi connectivity index (χ0v) is 24.9. The van der Waals surface area contributed by atoms with Gasteiger partial charge in [0.25, 0.3) is 0 Å². The van der Waals surface area contributed by atoms with Crippen molar-refractivity contribution >= 4 is 30.3 Å². The molecule has 226 valence electrons. The number of aliphatic hydroxyl groups is 4. The summed E-state index contributed by atoms with van der Waals surface area (Å²) >= 11 is 0. The van der Waals surface area contributed by atoms with Gasteiger partial charge in [-0.3, -0.25) is 0 Å². The van der Waals surface area contributed by atoms with E-state index >= 15 is 0 Å². The molecule has 1 aromatic carbocycles. The van der Waals surface area contributed by atoms with Crippen molar-refractivity contribution in [1.82, 2.24) is 9.80 Å². The van der Waals surface area contributed by atoms with Gasteiger partial charge in [-0.05, 0) is 19.8 Å². The van der Waals surface area contributed by atoms with E-state index in [9.17, 15) is 35.1 Å². The second-order valence-electron chi connectivity index (χ2n) is 13.0. The third-order valence-electron chi connectivity index (χ3n) is 9.74. The molecule has 1 aromatic rings. The van der Waals surface area contributed by atoms with Crippen molar-refractivity contribution < 1.29 is 35.1 Å². The topological polar surface area (TPSA) is 171 Å². The Morgan fingerprint density at radius 2 is 1.76 bits per heavy atom. The van der Waals surface area contributed by atoms with Crippen LogP contribution in [-0.4, -0.2) is 118 Å². The summed E-state index contributed by atoms with van der Waals surface area (Å²) in [6.07, 6.45) is 1.77. The molecule has 42 heavy (non-hydrogen) atoms. The first-order chi connectivity index (χ1) is 19.5. The van der Waals surface area contributed by atoms with Crippen LogP contribution in [0.15, 0.2) is 28.7 Å². The number of fused-ring (bicyclic) bond motifs is 3. The summed E-state index contributed by atoms with van der Waals surface area (Å²) in [7, 11) is 11.0. The van der Waals surface area contributed by atoms with Crippen LogP contribution in [0.3, 0.4) is 0 Å². The third-order valence-corrected chi connectivity index (χ3v) is 9.74. The van der Waals surface area contributed by atoms with E-state index in [2.05, 4.69) is 12.4 Å². The van der Waals surface area contributed by atoms with Gasteiger partial charge in [0.15, 0.2) is 0 Å².